The molecule has 0 aromatic heterocycles. The van der Waals surface area contributed by atoms with Crippen molar-refractivity contribution in [2.24, 2.45) is 0 Å². The van der Waals surface area contributed by atoms with Crippen molar-refractivity contribution in [2.45, 2.75) is 281 Å². The van der Waals surface area contributed by atoms with Crippen molar-refractivity contribution in [1.29, 1.82) is 0 Å². The van der Waals surface area contributed by atoms with Gasteiger partial charge < -0.3 is 35.2 Å². The van der Waals surface area contributed by atoms with Crippen LogP contribution in [0.3, 0.4) is 0 Å². The molecule has 0 bridgehead atoms. The third kappa shape index (κ3) is 34.0. The number of aliphatic hydroxyl groups is 4. The molecule has 13 heteroatoms. The summed E-state index contributed by atoms with van der Waals surface area (Å²) in [4.78, 5) is 13.1. The first-order valence-corrected chi connectivity index (χ1v) is 27.6. The van der Waals surface area contributed by atoms with E-state index in [1.54, 1.807) is 0 Å². The standard InChI is InChI=1S/C51H97NO11S/c1-3-5-7-9-11-13-15-17-18-19-20-21-22-23-24-25-26-27-28-29-31-33-35-37-39-41-47(55)52-44(45(54)40-38-36-34-32-30-16-14-12-10-8-6-4-2)43-61-51-49(57)50(63-64(58,59)60)48(56)46(42-53)62-51/h20-21,23-24,44-46,48-51,53-54,56-57H,3-19,22,25-43H2,1-2H3,(H,52,55)(H,58,59,60)/b21-20-,24-23-. The van der Waals surface area contributed by atoms with Crippen molar-refractivity contribution in [3.63, 3.8) is 0 Å². The second-order valence-corrected chi connectivity index (χ2v) is 19.5. The average molecular weight is 932 g/mol. The van der Waals surface area contributed by atoms with E-state index in [-0.39, 0.29) is 18.9 Å². The van der Waals surface area contributed by atoms with Gasteiger partial charge in [-0.3, -0.25) is 9.35 Å². The molecule has 1 fully saturated rings. The summed E-state index contributed by atoms with van der Waals surface area (Å²) >= 11 is 0. The van der Waals surface area contributed by atoms with E-state index in [4.69, 9.17) is 9.47 Å². The SMILES string of the molecule is CCCCCCCCCCC/C=C\C/C=C\CCCCCCCCCCCC(=O)NC(COC1OC(CO)C(O)C(OS(=O)(=O)O)C1O)C(O)CCCCCCCCCCCCCC. The maximum atomic E-state index is 13.1. The molecule has 0 aromatic rings. The molecule has 7 unspecified atom stereocenters. The lowest BCUT2D eigenvalue weighted by Crippen LogP contribution is -2.61. The van der Waals surface area contributed by atoms with E-state index in [0.29, 0.717) is 12.8 Å². The van der Waals surface area contributed by atoms with Crippen LogP contribution in [0.5, 0.6) is 0 Å². The van der Waals surface area contributed by atoms with E-state index in [2.05, 4.69) is 47.7 Å². The van der Waals surface area contributed by atoms with Crippen LogP contribution >= 0.6 is 0 Å². The summed E-state index contributed by atoms with van der Waals surface area (Å²) < 4.78 is 47.7. The zero-order valence-electron chi connectivity index (χ0n) is 40.6. The van der Waals surface area contributed by atoms with Crippen LogP contribution in [0.1, 0.15) is 239 Å². The Morgan fingerprint density at radius 1 is 0.625 bits per heavy atom. The molecule has 0 saturated carbocycles. The Morgan fingerprint density at radius 3 is 1.48 bits per heavy atom. The van der Waals surface area contributed by atoms with Crippen LogP contribution in [0.2, 0.25) is 0 Å². The van der Waals surface area contributed by atoms with Crippen LogP contribution in [-0.2, 0) is 28.9 Å². The van der Waals surface area contributed by atoms with Gasteiger partial charge in [-0.25, -0.2) is 4.18 Å². The first-order chi connectivity index (χ1) is 31.0. The van der Waals surface area contributed by atoms with Crippen LogP contribution < -0.4 is 5.32 Å². The van der Waals surface area contributed by atoms with Crippen molar-refractivity contribution in [3.8, 4) is 0 Å². The fourth-order valence-corrected chi connectivity index (χ4v) is 8.94. The second-order valence-electron chi connectivity index (χ2n) is 18.5. The van der Waals surface area contributed by atoms with Crippen molar-refractivity contribution in [1.82, 2.24) is 5.32 Å². The molecule has 6 N–H and O–H groups in total. The van der Waals surface area contributed by atoms with Gasteiger partial charge in [-0.2, -0.15) is 8.42 Å². The lowest BCUT2D eigenvalue weighted by atomic mass is 9.99. The van der Waals surface area contributed by atoms with Gasteiger partial charge in [-0.1, -0.05) is 212 Å². The van der Waals surface area contributed by atoms with Crippen LogP contribution in [0.25, 0.3) is 0 Å². The number of carbonyl (C=O) groups excluding carboxylic acids is 1. The number of rotatable bonds is 45. The normalized spacial score (nSPS) is 20.4. The Bertz CT molecular complexity index is 1230. The van der Waals surface area contributed by atoms with Crippen LogP contribution in [0.4, 0.5) is 0 Å². The molecule has 1 saturated heterocycles. The number of allylic oxidation sites excluding steroid dienone is 4. The van der Waals surface area contributed by atoms with E-state index in [1.807, 2.05) is 0 Å². The van der Waals surface area contributed by atoms with Gasteiger partial charge in [0.05, 0.1) is 25.4 Å². The van der Waals surface area contributed by atoms with Crippen molar-refractivity contribution in [3.05, 3.63) is 24.3 Å². The van der Waals surface area contributed by atoms with Crippen molar-refractivity contribution < 1.29 is 51.8 Å². The fraction of sp³-hybridized carbons (Fsp3) is 0.902. The molecule has 378 valence electrons. The van der Waals surface area contributed by atoms with Gasteiger partial charge in [-0.05, 0) is 44.9 Å². The monoisotopic (exact) mass is 932 g/mol. The molecule has 1 rings (SSSR count). The van der Waals surface area contributed by atoms with Gasteiger partial charge in [0.15, 0.2) is 6.29 Å². The summed E-state index contributed by atoms with van der Waals surface area (Å²) in [6, 6.07) is -0.858. The molecule has 1 aliphatic heterocycles. The predicted octanol–water partition coefficient (Wildman–Crippen LogP) is 11.3. The van der Waals surface area contributed by atoms with E-state index in [9.17, 15) is 38.2 Å². The molecule has 64 heavy (non-hydrogen) atoms. The predicted molar refractivity (Wildman–Crippen MR) is 259 cm³/mol. The lowest BCUT2D eigenvalue weighted by molar-refractivity contribution is -0.298. The first kappa shape index (κ1) is 60.6. The van der Waals surface area contributed by atoms with Gasteiger partial charge in [0, 0.05) is 6.42 Å². The summed E-state index contributed by atoms with van der Waals surface area (Å²) in [6.45, 7) is 3.45. The molecule has 0 aliphatic carbocycles. The highest BCUT2D eigenvalue weighted by molar-refractivity contribution is 7.80. The molecule has 7 atom stereocenters. The van der Waals surface area contributed by atoms with Crippen LogP contribution in [0, 0.1) is 0 Å². The van der Waals surface area contributed by atoms with Gasteiger partial charge in [0.1, 0.15) is 24.4 Å². The number of hydrogen-bond donors (Lipinski definition) is 6. The van der Waals surface area contributed by atoms with Crippen molar-refractivity contribution >= 4 is 16.3 Å². The van der Waals surface area contributed by atoms with Crippen LogP contribution in [-0.4, -0.2) is 95.4 Å². The largest absolute Gasteiger partial charge is 0.397 e. The Labute approximate surface area is 391 Å². The molecular formula is C51H97NO11S. The summed E-state index contributed by atoms with van der Waals surface area (Å²) in [5.74, 6) is -0.233. The molecule has 0 spiro atoms. The maximum Gasteiger partial charge on any atom is 0.397 e. The maximum absolute atomic E-state index is 13.1. The van der Waals surface area contributed by atoms with Gasteiger partial charge >= 0.3 is 10.4 Å². The Kier molecular flexibility index (Phi) is 39.5. The summed E-state index contributed by atoms with van der Waals surface area (Å²) in [7, 11) is -5.08. The Hall–Kier alpha value is -1.42. The number of nitrogens with one attached hydrogen (secondary N) is 1. The number of ether oxygens (including phenoxy) is 2. The van der Waals surface area contributed by atoms with Crippen molar-refractivity contribution in [2.75, 3.05) is 13.2 Å². The minimum absolute atomic E-state index is 0.233. The molecule has 0 aromatic carbocycles. The first-order valence-electron chi connectivity index (χ1n) is 26.2. The highest BCUT2D eigenvalue weighted by Crippen LogP contribution is 2.26. The number of hydrogen-bond acceptors (Lipinski definition) is 10. The molecule has 12 nitrogen and oxygen atoms in total. The minimum atomic E-state index is -5.08. The zero-order valence-corrected chi connectivity index (χ0v) is 41.4. The summed E-state index contributed by atoms with van der Waals surface area (Å²) in [5, 5.41) is 44.9. The van der Waals surface area contributed by atoms with E-state index in [0.717, 1.165) is 57.8 Å². The number of unbranched alkanes of at least 4 members (excludes halogenated alkanes) is 29. The molecule has 1 aliphatic rings. The van der Waals surface area contributed by atoms with Gasteiger partial charge in [-0.15, -0.1) is 0 Å². The van der Waals surface area contributed by atoms with E-state index < -0.39 is 59.9 Å². The third-order valence-electron chi connectivity index (χ3n) is 12.5. The Morgan fingerprint density at radius 2 is 1.05 bits per heavy atom. The van der Waals surface area contributed by atoms with Gasteiger partial charge in [0.25, 0.3) is 0 Å². The summed E-state index contributed by atoms with van der Waals surface area (Å²) in [5.41, 5.74) is 0. The molecular weight excluding hydrogens is 835 g/mol. The topological polar surface area (TPSA) is 192 Å². The molecule has 1 heterocycles. The quantitative estimate of drug-likeness (QED) is 0.0193. The highest BCUT2D eigenvalue weighted by atomic mass is 32.3. The summed E-state index contributed by atoms with van der Waals surface area (Å²) in [6.07, 6.45) is 40.4. The lowest BCUT2D eigenvalue weighted by Gasteiger charge is -2.41. The minimum Gasteiger partial charge on any atom is -0.394 e. The number of amides is 1. The third-order valence-corrected chi connectivity index (χ3v) is 13.0. The Balaban J connectivity index is 2.35. The average Bonchev–Trinajstić information content (AvgIpc) is 3.27. The smallest absolute Gasteiger partial charge is 0.394 e. The second kappa shape index (κ2) is 41.7. The highest BCUT2D eigenvalue weighted by Gasteiger charge is 2.48. The van der Waals surface area contributed by atoms with Crippen LogP contribution in [0.15, 0.2) is 24.3 Å². The zero-order chi connectivity index (χ0) is 46.9. The van der Waals surface area contributed by atoms with Gasteiger partial charge in [0.2, 0.25) is 5.91 Å². The van der Waals surface area contributed by atoms with E-state index >= 15 is 0 Å². The van der Waals surface area contributed by atoms with E-state index in [1.165, 1.54) is 148 Å². The fourth-order valence-electron chi connectivity index (χ4n) is 8.43. The molecule has 0 radical (unpaired) electrons. The number of aliphatic hydroxyl groups excluding tert-OH is 4. The molecule has 1 amide bonds. The number of carbonyl (C=O) groups is 1.